The summed E-state index contributed by atoms with van der Waals surface area (Å²) in [6.45, 7) is 3.48. The van der Waals surface area contributed by atoms with Crippen LogP contribution in [0.3, 0.4) is 0 Å². The van der Waals surface area contributed by atoms with E-state index in [1.165, 1.54) is 25.7 Å². The van der Waals surface area contributed by atoms with E-state index < -0.39 is 0 Å². The van der Waals surface area contributed by atoms with Gasteiger partial charge in [-0.15, -0.1) is 0 Å². The molecule has 1 saturated heterocycles. The average Bonchev–Trinajstić information content (AvgIpc) is 3.22. The molecule has 2 fully saturated rings. The highest BCUT2D eigenvalue weighted by molar-refractivity contribution is 9.11. The minimum atomic E-state index is 0.708. The number of hydrogen-bond donors (Lipinski definition) is 1. The summed E-state index contributed by atoms with van der Waals surface area (Å²) in [5.74, 6) is 1.92. The first-order chi connectivity index (χ1) is 9.24. The summed E-state index contributed by atoms with van der Waals surface area (Å²) < 4.78 is 2.13. The van der Waals surface area contributed by atoms with E-state index in [9.17, 15) is 0 Å². The summed E-state index contributed by atoms with van der Waals surface area (Å²) in [4.78, 5) is 7.14. The number of pyridine rings is 1. The fraction of sp³-hybridized carbons (Fsp3) is 0.643. The van der Waals surface area contributed by atoms with Crippen molar-refractivity contribution >= 4 is 37.7 Å². The van der Waals surface area contributed by atoms with Gasteiger partial charge in [0.05, 0.1) is 4.47 Å². The number of piperidine rings is 1. The summed E-state index contributed by atoms with van der Waals surface area (Å²) >= 11 is 7.14. The molecule has 0 spiro atoms. The van der Waals surface area contributed by atoms with Crippen molar-refractivity contribution in [2.45, 2.75) is 31.7 Å². The van der Waals surface area contributed by atoms with Gasteiger partial charge in [-0.1, -0.05) is 0 Å². The van der Waals surface area contributed by atoms with Crippen LogP contribution in [0.4, 0.5) is 5.82 Å². The molecule has 5 heteroatoms. The molecular formula is C14H19Br2N3. The molecule has 0 bridgehead atoms. The zero-order chi connectivity index (χ0) is 13.2. The second kappa shape index (κ2) is 6.10. The van der Waals surface area contributed by atoms with Crippen LogP contribution < -0.4 is 10.2 Å². The van der Waals surface area contributed by atoms with Gasteiger partial charge in [0.15, 0.2) is 0 Å². The van der Waals surface area contributed by atoms with Crippen LogP contribution in [0.15, 0.2) is 21.2 Å². The molecule has 0 atom stereocenters. The van der Waals surface area contributed by atoms with Crippen molar-refractivity contribution in [2.24, 2.45) is 5.92 Å². The summed E-state index contributed by atoms with van der Waals surface area (Å²) in [7, 11) is 0. The van der Waals surface area contributed by atoms with Crippen molar-refractivity contribution in [3.05, 3.63) is 21.2 Å². The molecule has 3 rings (SSSR count). The van der Waals surface area contributed by atoms with Crippen molar-refractivity contribution in [3.8, 4) is 0 Å². The molecule has 1 saturated carbocycles. The number of anilines is 1. The van der Waals surface area contributed by atoms with Gasteiger partial charge in [-0.25, -0.2) is 4.98 Å². The van der Waals surface area contributed by atoms with Crippen LogP contribution in [0, 0.1) is 5.92 Å². The Morgan fingerprint density at radius 2 is 1.95 bits per heavy atom. The molecule has 104 valence electrons. The minimum Gasteiger partial charge on any atom is -0.352 e. The topological polar surface area (TPSA) is 28.2 Å². The Morgan fingerprint density at radius 1 is 1.21 bits per heavy atom. The molecule has 1 aromatic heterocycles. The minimum absolute atomic E-state index is 0.708. The monoisotopic (exact) mass is 387 g/mol. The van der Waals surface area contributed by atoms with Crippen molar-refractivity contribution in [1.29, 1.82) is 0 Å². The molecule has 3 nitrogen and oxygen atoms in total. The first-order valence-electron chi connectivity index (χ1n) is 7.02. The van der Waals surface area contributed by atoms with Gasteiger partial charge in [0.2, 0.25) is 0 Å². The highest BCUT2D eigenvalue weighted by Crippen LogP contribution is 2.36. The van der Waals surface area contributed by atoms with E-state index in [2.05, 4.69) is 53.1 Å². The third kappa shape index (κ3) is 3.50. The highest BCUT2D eigenvalue weighted by atomic mass is 79.9. The van der Waals surface area contributed by atoms with Gasteiger partial charge in [0.25, 0.3) is 0 Å². The first kappa shape index (κ1) is 13.8. The van der Waals surface area contributed by atoms with Crippen molar-refractivity contribution in [2.75, 3.05) is 24.5 Å². The van der Waals surface area contributed by atoms with Crippen molar-refractivity contribution in [3.63, 3.8) is 0 Å². The largest absolute Gasteiger partial charge is 0.352 e. The number of halogens is 2. The zero-order valence-electron chi connectivity index (χ0n) is 10.9. The highest BCUT2D eigenvalue weighted by Gasteiger charge is 2.32. The lowest BCUT2D eigenvalue weighted by atomic mass is 9.97. The number of nitrogens with one attached hydrogen (secondary N) is 1. The van der Waals surface area contributed by atoms with E-state index in [1.54, 1.807) is 0 Å². The second-order valence-electron chi connectivity index (χ2n) is 5.54. The van der Waals surface area contributed by atoms with Gasteiger partial charge in [0, 0.05) is 23.3 Å². The molecule has 0 amide bonds. The van der Waals surface area contributed by atoms with Crippen molar-refractivity contribution in [1.82, 2.24) is 10.3 Å². The van der Waals surface area contributed by atoms with E-state index in [-0.39, 0.29) is 0 Å². The maximum atomic E-state index is 4.62. The van der Waals surface area contributed by atoms with Gasteiger partial charge in [-0.2, -0.15) is 0 Å². The fourth-order valence-electron chi connectivity index (χ4n) is 2.76. The predicted molar refractivity (Wildman–Crippen MR) is 85.6 cm³/mol. The summed E-state index contributed by atoms with van der Waals surface area (Å²) in [5.41, 5.74) is 0. The van der Waals surface area contributed by atoms with Gasteiger partial charge >= 0.3 is 0 Å². The molecule has 2 heterocycles. The molecule has 1 aliphatic carbocycles. The smallest absolute Gasteiger partial charge is 0.143 e. The zero-order valence-corrected chi connectivity index (χ0v) is 14.1. The Labute approximate surface area is 131 Å². The number of nitrogens with zero attached hydrogens (tertiary/aromatic N) is 2. The lowest BCUT2D eigenvalue weighted by Gasteiger charge is -2.31. The van der Waals surface area contributed by atoms with Crippen LogP contribution >= 0.6 is 31.9 Å². The molecule has 0 radical (unpaired) electrons. The Balaban J connectivity index is 1.76. The predicted octanol–water partition coefficient (Wildman–Crippen LogP) is 3.58. The molecular weight excluding hydrogens is 370 g/mol. The average molecular weight is 389 g/mol. The SMILES string of the molecule is Brc1cnc(N(CC2CCNCC2)C2CC2)c(Br)c1. The van der Waals surface area contributed by atoms with Crippen LogP contribution in [0.25, 0.3) is 0 Å². The van der Waals surface area contributed by atoms with Crippen LogP contribution in [0.2, 0.25) is 0 Å². The van der Waals surface area contributed by atoms with Crippen LogP contribution in [0.1, 0.15) is 25.7 Å². The van der Waals surface area contributed by atoms with Gasteiger partial charge in [0.1, 0.15) is 5.82 Å². The molecule has 0 unspecified atom stereocenters. The first-order valence-corrected chi connectivity index (χ1v) is 8.61. The third-order valence-electron chi connectivity index (χ3n) is 3.96. The summed E-state index contributed by atoms with van der Waals surface area (Å²) in [5, 5.41) is 3.44. The Bertz CT molecular complexity index is 442. The lowest BCUT2D eigenvalue weighted by Crippen LogP contribution is -2.37. The lowest BCUT2D eigenvalue weighted by molar-refractivity contribution is 0.372. The maximum Gasteiger partial charge on any atom is 0.143 e. The Morgan fingerprint density at radius 3 is 2.58 bits per heavy atom. The molecule has 0 aromatic carbocycles. The number of hydrogen-bond acceptors (Lipinski definition) is 3. The quantitative estimate of drug-likeness (QED) is 0.854. The van der Waals surface area contributed by atoms with Crippen LogP contribution in [-0.2, 0) is 0 Å². The van der Waals surface area contributed by atoms with Gasteiger partial charge < -0.3 is 10.2 Å². The molecule has 2 aliphatic rings. The third-order valence-corrected chi connectivity index (χ3v) is 4.98. The molecule has 19 heavy (non-hydrogen) atoms. The van der Waals surface area contributed by atoms with Gasteiger partial charge in [-0.3, -0.25) is 0 Å². The molecule has 1 aromatic rings. The fourth-order valence-corrected chi connectivity index (χ4v) is 3.97. The van der Waals surface area contributed by atoms with E-state index in [0.29, 0.717) is 6.04 Å². The van der Waals surface area contributed by atoms with E-state index in [0.717, 1.165) is 40.3 Å². The van der Waals surface area contributed by atoms with E-state index in [4.69, 9.17) is 0 Å². The normalized spacial score (nSPS) is 20.5. The Hall–Kier alpha value is -0.130. The summed E-state index contributed by atoms with van der Waals surface area (Å²) in [6.07, 6.45) is 7.11. The Kier molecular flexibility index (Phi) is 4.44. The number of rotatable bonds is 4. The van der Waals surface area contributed by atoms with E-state index >= 15 is 0 Å². The number of aromatic nitrogens is 1. The molecule has 1 aliphatic heterocycles. The second-order valence-corrected chi connectivity index (χ2v) is 7.31. The van der Waals surface area contributed by atoms with E-state index in [1.807, 2.05) is 6.20 Å². The van der Waals surface area contributed by atoms with Crippen molar-refractivity contribution < 1.29 is 0 Å². The van der Waals surface area contributed by atoms with Crippen LogP contribution in [-0.4, -0.2) is 30.7 Å². The standard InChI is InChI=1S/C14H19Br2N3/c15-11-7-13(16)14(18-8-11)19(12-1-2-12)9-10-3-5-17-6-4-10/h7-8,10,12,17H,1-6,9H2. The molecule has 1 N–H and O–H groups in total. The maximum absolute atomic E-state index is 4.62. The van der Waals surface area contributed by atoms with Crippen LogP contribution in [0.5, 0.6) is 0 Å². The van der Waals surface area contributed by atoms with Gasteiger partial charge in [-0.05, 0) is 82.6 Å². The summed E-state index contributed by atoms with van der Waals surface area (Å²) in [6, 6.07) is 2.81.